The molecule has 0 aliphatic heterocycles. The third-order valence-electron chi connectivity index (χ3n) is 5.51. The second kappa shape index (κ2) is 10.0. The van der Waals surface area contributed by atoms with Crippen molar-refractivity contribution in [2.45, 2.75) is 25.8 Å². The van der Waals surface area contributed by atoms with Crippen LogP contribution < -0.4 is 4.74 Å². The number of aryl methyl sites for hydroxylation is 1. The molecule has 2 aromatic heterocycles. The standard InChI is InChI=1S/C27H26N2O4/c1-3-21-17-20(18-24(27(30)31)29-14-7-8-15-29)11-12-25(21)32-16-13-23-19(2)33-26(28-23)22-9-5-4-6-10-22/h3-12,14-15,17,24H,1,13,16,18H2,2H3,(H,30,31). The minimum Gasteiger partial charge on any atom is -0.493 e. The molecular weight excluding hydrogens is 416 g/mol. The highest BCUT2D eigenvalue weighted by atomic mass is 16.5. The second-order valence-electron chi connectivity index (χ2n) is 7.75. The Morgan fingerprint density at radius 1 is 1.18 bits per heavy atom. The van der Waals surface area contributed by atoms with E-state index in [2.05, 4.69) is 11.6 Å². The number of oxazole rings is 1. The first-order chi connectivity index (χ1) is 16.0. The van der Waals surface area contributed by atoms with Gasteiger partial charge in [-0.15, -0.1) is 0 Å². The molecule has 0 radical (unpaired) electrons. The third-order valence-corrected chi connectivity index (χ3v) is 5.51. The van der Waals surface area contributed by atoms with Crippen LogP contribution in [-0.2, 0) is 17.6 Å². The Labute approximate surface area is 192 Å². The zero-order valence-corrected chi connectivity index (χ0v) is 18.5. The van der Waals surface area contributed by atoms with Gasteiger partial charge < -0.3 is 18.8 Å². The number of ether oxygens (including phenoxy) is 1. The molecule has 4 rings (SSSR count). The highest BCUT2D eigenvalue weighted by Crippen LogP contribution is 2.26. The zero-order chi connectivity index (χ0) is 23.2. The van der Waals surface area contributed by atoms with Crippen LogP contribution in [0.1, 0.15) is 28.6 Å². The lowest BCUT2D eigenvalue weighted by atomic mass is 10.0. The van der Waals surface area contributed by atoms with Crippen molar-refractivity contribution in [3.8, 4) is 17.2 Å². The van der Waals surface area contributed by atoms with Crippen molar-refractivity contribution in [1.82, 2.24) is 9.55 Å². The minimum absolute atomic E-state index is 0.367. The van der Waals surface area contributed by atoms with E-state index in [-0.39, 0.29) is 0 Å². The number of rotatable bonds is 10. The number of benzene rings is 2. The first kappa shape index (κ1) is 22.1. The molecule has 33 heavy (non-hydrogen) atoms. The van der Waals surface area contributed by atoms with Crippen LogP contribution in [0, 0.1) is 6.92 Å². The Balaban J connectivity index is 1.41. The third kappa shape index (κ3) is 5.23. The largest absolute Gasteiger partial charge is 0.493 e. The Morgan fingerprint density at radius 2 is 1.94 bits per heavy atom. The molecule has 0 fully saturated rings. The smallest absolute Gasteiger partial charge is 0.327 e. The first-order valence-electron chi connectivity index (χ1n) is 10.8. The Bertz CT molecular complexity index is 1230. The van der Waals surface area contributed by atoms with Gasteiger partial charge >= 0.3 is 5.97 Å². The maximum Gasteiger partial charge on any atom is 0.327 e. The van der Waals surface area contributed by atoms with Gasteiger partial charge in [0.15, 0.2) is 0 Å². The van der Waals surface area contributed by atoms with Gasteiger partial charge in [-0.2, -0.15) is 0 Å². The van der Waals surface area contributed by atoms with Gasteiger partial charge in [0.2, 0.25) is 5.89 Å². The van der Waals surface area contributed by atoms with Crippen LogP contribution >= 0.6 is 0 Å². The molecule has 2 aromatic carbocycles. The van der Waals surface area contributed by atoms with Crippen molar-refractivity contribution in [1.29, 1.82) is 0 Å². The van der Waals surface area contributed by atoms with Crippen LogP contribution in [0.15, 0.2) is 84.1 Å². The summed E-state index contributed by atoms with van der Waals surface area (Å²) in [6.07, 6.45) is 6.22. The van der Waals surface area contributed by atoms with Crippen LogP contribution in [-0.4, -0.2) is 27.2 Å². The average Bonchev–Trinajstić information content (AvgIpc) is 3.48. The summed E-state index contributed by atoms with van der Waals surface area (Å²) in [4.78, 5) is 16.4. The summed E-state index contributed by atoms with van der Waals surface area (Å²) in [7, 11) is 0. The Hall–Kier alpha value is -4.06. The summed E-state index contributed by atoms with van der Waals surface area (Å²) < 4.78 is 13.5. The summed E-state index contributed by atoms with van der Waals surface area (Å²) in [6, 6.07) is 18.5. The fourth-order valence-electron chi connectivity index (χ4n) is 3.74. The molecule has 0 amide bonds. The van der Waals surface area contributed by atoms with Crippen molar-refractivity contribution in [3.63, 3.8) is 0 Å². The molecule has 168 valence electrons. The van der Waals surface area contributed by atoms with Crippen molar-refractivity contribution in [2.75, 3.05) is 6.61 Å². The van der Waals surface area contributed by atoms with Crippen LogP contribution in [0.3, 0.4) is 0 Å². The van der Waals surface area contributed by atoms with Gasteiger partial charge in [0, 0.05) is 36.4 Å². The van der Waals surface area contributed by atoms with Crippen molar-refractivity contribution in [3.05, 3.63) is 102 Å². The zero-order valence-electron chi connectivity index (χ0n) is 18.5. The summed E-state index contributed by atoms with van der Waals surface area (Å²) in [5, 5.41) is 9.63. The molecule has 1 atom stereocenters. The molecule has 0 aliphatic carbocycles. The molecule has 0 bridgehead atoms. The molecule has 2 heterocycles. The van der Waals surface area contributed by atoms with E-state index in [0.717, 1.165) is 28.1 Å². The number of nitrogens with zero attached hydrogens (tertiary/aromatic N) is 2. The summed E-state index contributed by atoms with van der Waals surface area (Å²) >= 11 is 0. The molecule has 6 nitrogen and oxygen atoms in total. The number of hydrogen-bond donors (Lipinski definition) is 1. The molecule has 6 heteroatoms. The lowest BCUT2D eigenvalue weighted by Gasteiger charge is -2.16. The maximum absolute atomic E-state index is 11.7. The van der Waals surface area contributed by atoms with Crippen LogP contribution in [0.5, 0.6) is 5.75 Å². The second-order valence-corrected chi connectivity index (χ2v) is 7.75. The van der Waals surface area contributed by atoms with E-state index >= 15 is 0 Å². The monoisotopic (exact) mass is 442 g/mol. The molecular formula is C27H26N2O4. The maximum atomic E-state index is 11.7. The molecule has 0 spiro atoms. The van der Waals surface area contributed by atoms with Gasteiger partial charge in [-0.25, -0.2) is 9.78 Å². The van der Waals surface area contributed by atoms with E-state index in [4.69, 9.17) is 9.15 Å². The van der Waals surface area contributed by atoms with Gasteiger partial charge in [-0.1, -0.05) is 36.9 Å². The topological polar surface area (TPSA) is 77.5 Å². The van der Waals surface area contributed by atoms with Gasteiger partial charge in [0.05, 0.1) is 12.3 Å². The fourth-order valence-corrected chi connectivity index (χ4v) is 3.74. The van der Waals surface area contributed by atoms with Gasteiger partial charge in [0.25, 0.3) is 0 Å². The van der Waals surface area contributed by atoms with E-state index in [1.807, 2.05) is 67.6 Å². The van der Waals surface area contributed by atoms with Crippen molar-refractivity contribution >= 4 is 12.0 Å². The Kier molecular flexibility index (Phi) is 6.74. The number of aromatic nitrogens is 2. The first-order valence-corrected chi connectivity index (χ1v) is 10.8. The highest BCUT2D eigenvalue weighted by Gasteiger charge is 2.19. The predicted molar refractivity (Wildman–Crippen MR) is 127 cm³/mol. The van der Waals surface area contributed by atoms with E-state index in [1.165, 1.54) is 0 Å². The minimum atomic E-state index is -0.871. The SMILES string of the molecule is C=Cc1cc(CC(C(=O)O)n2cccc2)ccc1OCCc1nc(-c2ccccc2)oc1C. The Morgan fingerprint density at radius 3 is 2.64 bits per heavy atom. The highest BCUT2D eigenvalue weighted by molar-refractivity contribution is 5.72. The molecule has 0 saturated heterocycles. The summed E-state index contributed by atoms with van der Waals surface area (Å²) in [6.45, 7) is 6.22. The number of aliphatic carboxylic acids is 1. The molecule has 1 N–H and O–H groups in total. The average molecular weight is 443 g/mol. The van der Waals surface area contributed by atoms with Gasteiger partial charge in [0.1, 0.15) is 17.6 Å². The van der Waals surface area contributed by atoms with E-state index in [1.54, 1.807) is 23.0 Å². The number of carboxylic acid groups (broad SMARTS) is 1. The molecule has 4 aromatic rings. The number of hydrogen-bond acceptors (Lipinski definition) is 4. The van der Waals surface area contributed by atoms with E-state index in [0.29, 0.717) is 31.1 Å². The number of carbonyl (C=O) groups is 1. The summed E-state index contributed by atoms with van der Waals surface area (Å²) in [5.74, 6) is 1.21. The van der Waals surface area contributed by atoms with Crippen molar-refractivity contribution < 1.29 is 19.1 Å². The van der Waals surface area contributed by atoms with Crippen LogP contribution in [0.2, 0.25) is 0 Å². The molecule has 1 unspecified atom stereocenters. The fraction of sp³-hybridized carbons (Fsp3) is 0.185. The van der Waals surface area contributed by atoms with Gasteiger partial charge in [-0.3, -0.25) is 0 Å². The quantitative estimate of drug-likeness (QED) is 0.347. The lowest BCUT2D eigenvalue weighted by Crippen LogP contribution is -2.20. The predicted octanol–water partition coefficient (Wildman–Crippen LogP) is 5.58. The normalized spacial score (nSPS) is 11.8. The molecule has 0 aliphatic rings. The summed E-state index contributed by atoms with van der Waals surface area (Å²) in [5.41, 5.74) is 3.53. The van der Waals surface area contributed by atoms with Crippen molar-refractivity contribution in [2.24, 2.45) is 0 Å². The lowest BCUT2D eigenvalue weighted by molar-refractivity contribution is -0.140. The molecule has 0 saturated carbocycles. The van der Waals surface area contributed by atoms with Gasteiger partial charge in [-0.05, 0) is 48.9 Å². The van der Waals surface area contributed by atoms with Crippen LogP contribution in [0.25, 0.3) is 17.5 Å². The number of carboxylic acids is 1. The van der Waals surface area contributed by atoms with E-state index in [9.17, 15) is 9.90 Å². The van der Waals surface area contributed by atoms with E-state index < -0.39 is 12.0 Å². The van der Waals surface area contributed by atoms with Crippen LogP contribution in [0.4, 0.5) is 0 Å².